The van der Waals surface area contributed by atoms with Crippen molar-refractivity contribution in [2.75, 3.05) is 26.2 Å². The molecule has 0 saturated carbocycles. The fraction of sp³-hybridized carbons (Fsp3) is 0.346. The third-order valence-corrected chi connectivity index (χ3v) is 6.57. The predicted molar refractivity (Wildman–Crippen MR) is 127 cm³/mol. The highest BCUT2D eigenvalue weighted by Crippen LogP contribution is 2.24. The molecule has 2 aromatic carbocycles. The summed E-state index contributed by atoms with van der Waals surface area (Å²) in [4.78, 5) is 10.2. The first-order chi connectivity index (χ1) is 15.8. The van der Waals surface area contributed by atoms with Gasteiger partial charge in [0.15, 0.2) is 0 Å². The molecule has 1 aliphatic rings. The van der Waals surface area contributed by atoms with Crippen molar-refractivity contribution in [1.29, 1.82) is 0 Å². The second-order valence-corrected chi connectivity index (χ2v) is 8.68. The molecule has 5 rings (SSSR count). The van der Waals surface area contributed by atoms with E-state index in [1.807, 2.05) is 23.2 Å². The van der Waals surface area contributed by atoms with E-state index < -0.39 is 0 Å². The number of nitrogens with zero attached hydrogens (tertiary/aromatic N) is 3. The van der Waals surface area contributed by atoms with E-state index in [1.165, 1.54) is 22.5 Å². The number of fused-ring (bicyclic) bond motifs is 1. The van der Waals surface area contributed by atoms with Crippen LogP contribution < -0.4 is 5.32 Å². The number of halogens is 1. The second kappa shape index (κ2) is 9.67. The Morgan fingerprint density at radius 1 is 1.09 bits per heavy atom. The monoisotopic (exact) mass is 431 g/mol. The van der Waals surface area contributed by atoms with Crippen molar-refractivity contribution in [3.05, 3.63) is 84.3 Å². The van der Waals surface area contributed by atoms with Crippen LogP contribution in [0.1, 0.15) is 24.0 Å². The van der Waals surface area contributed by atoms with Crippen LogP contribution in [0, 0.1) is 5.82 Å². The molecule has 1 fully saturated rings. The van der Waals surface area contributed by atoms with Crippen molar-refractivity contribution in [3.8, 4) is 5.69 Å². The molecule has 0 bridgehead atoms. The smallest absolute Gasteiger partial charge is 0.123 e. The Kier molecular flexibility index (Phi) is 6.32. The van der Waals surface area contributed by atoms with Crippen LogP contribution >= 0.6 is 0 Å². The van der Waals surface area contributed by atoms with Crippen LogP contribution in [-0.2, 0) is 12.8 Å². The van der Waals surface area contributed by atoms with E-state index >= 15 is 0 Å². The van der Waals surface area contributed by atoms with Crippen LogP contribution in [0.25, 0.3) is 16.6 Å². The van der Waals surface area contributed by atoms with Crippen molar-refractivity contribution >= 4 is 10.9 Å². The van der Waals surface area contributed by atoms with E-state index in [9.17, 15) is 4.39 Å². The number of hydrogen-bond acceptors (Lipinski definition) is 3. The molecule has 1 atom stereocenters. The highest BCUT2D eigenvalue weighted by Gasteiger charge is 2.21. The highest BCUT2D eigenvalue weighted by molar-refractivity contribution is 5.85. The number of H-pyrrole nitrogens is 1. The van der Waals surface area contributed by atoms with Gasteiger partial charge in [-0.05, 0) is 67.1 Å². The molecule has 1 saturated heterocycles. The maximum atomic E-state index is 13.7. The number of aryl methyl sites for hydroxylation is 1. The molecule has 5 nitrogen and oxygen atoms in total. The first-order valence-corrected chi connectivity index (χ1v) is 11.5. The lowest BCUT2D eigenvalue weighted by Crippen LogP contribution is -2.49. The van der Waals surface area contributed by atoms with E-state index in [-0.39, 0.29) is 5.82 Å². The van der Waals surface area contributed by atoms with Gasteiger partial charge in [-0.2, -0.15) is 0 Å². The minimum Gasteiger partial charge on any atom is -0.361 e. The van der Waals surface area contributed by atoms with Crippen LogP contribution in [0.3, 0.4) is 0 Å². The zero-order chi connectivity index (χ0) is 21.8. The summed E-state index contributed by atoms with van der Waals surface area (Å²) >= 11 is 0. The Balaban J connectivity index is 1.29. The minimum atomic E-state index is -0.144. The SMILES string of the molecule is Fc1cccc(CC(CCCc2c[nH]c3ccc(-n4ccnc4)cc23)N2CCNCC2)c1. The molecule has 3 heterocycles. The number of hydrogen-bond donors (Lipinski definition) is 2. The molecule has 0 spiro atoms. The number of nitrogens with one attached hydrogen (secondary N) is 2. The Labute approximate surface area is 188 Å². The zero-order valence-electron chi connectivity index (χ0n) is 18.3. The van der Waals surface area contributed by atoms with Crippen LogP contribution in [-0.4, -0.2) is 51.7 Å². The Morgan fingerprint density at radius 3 is 2.81 bits per heavy atom. The fourth-order valence-electron chi connectivity index (χ4n) is 4.87. The molecule has 2 aromatic heterocycles. The highest BCUT2D eigenvalue weighted by atomic mass is 19.1. The van der Waals surface area contributed by atoms with Gasteiger partial charge in [-0.3, -0.25) is 4.90 Å². The molecule has 1 aliphatic heterocycles. The Morgan fingerprint density at radius 2 is 2.00 bits per heavy atom. The summed E-state index contributed by atoms with van der Waals surface area (Å²) in [5.74, 6) is -0.144. The van der Waals surface area contributed by atoms with Crippen LogP contribution in [0.15, 0.2) is 67.4 Å². The van der Waals surface area contributed by atoms with Gasteiger partial charge in [-0.25, -0.2) is 9.37 Å². The van der Waals surface area contributed by atoms with Crippen molar-refractivity contribution in [2.45, 2.75) is 31.7 Å². The van der Waals surface area contributed by atoms with E-state index in [0.717, 1.165) is 63.1 Å². The minimum absolute atomic E-state index is 0.144. The number of rotatable bonds is 8. The normalized spacial score (nSPS) is 15.9. The van der Waals surface area contributed by atoms with Crippen molar-refractivity contribution < 1.29 is 4.39 Å². The summed E-state index contributed by atoms with van der Waals surface area (Å²) < 4.78 is 15.8. The van der Waals surface area contributed by atoms with Gasteiger partial charge in [0.25, 0.3) is 0 Å². The number of benzene rings is 2. The molecular formula is C26H30FN5. The summed E-state index contributed by atoms with van der Waals surface area (Å²) in [6.45, 7) is 4.17. The van der Waals surface area contributed by atoms with Gasteiger partial charge in [0, 0.05) is 67.4 Å². The molecular weight excluding hydrogens is 401 g/mol. The lowest BCUT2D eigenvalue weighted by Gasteiger charge is -2.35. The predicted octanol–water partition coefficient (Wildman–Crippen LogP) is 4.33. The van der Waals surface area contributed by atoms with Gasteiger partial charge in [0.1, 0.15) is 5.82 Å². The maximum absolute atomic E-state index is 13.7. The third kappa shape index (κ3) is 4.76. The first-order valence-electron chi connectivity index (χ1n) is 11.5. The number of aromatic amines is 1. The Bertz CT molecular complexity index is 1140. The second-order valence-electron chi connectivity index (χ2n) is 8.68. The third-order valence-electron chi connectivity index (χ3n) is 6.57. The first kappa shape index (κ1) is 20.9. The number of aromatic nitrogens is 3. The number of imidazole rings is 1. The van der Waals surface area contributed by atoms with Crippen molar-refractivity contribution in [3.63, 3.8) is 0 Å². The van der Waals surface area contributed by atoms with E-state index in [2.05, 4.69) is 50.6 Å². The van der Waals surface area contributed by atoms with Crippen LogP contribution in [0.4, 0.5) is 4.39 Å². The molecule has 0 amide bonds. The van der Waals surface area contributed by atoms with Gasteiger partial charge < -0.3 is 14.9 Å². The zero-order valence-corrected chi connectivity index (χ0v) is 18.3. The van der Waals surface area contributed by atoms with Gasteiger partial charge >= 0.3 is 0 Å². The molecule has 2 N–H and O–H groups in total. The maximum Gasteiger partial charge on any atom is 0.123 e. The summed E-state index contributed by atoms with van der Waals surface area (Å²) in [6, 6.07) is 14.0. The van der Waals surface area contributed by atoms with Gasteiger partial charge in [0.05, 0.1) is 6.33 Å². The topological polar surface area (TPSA) is 48.9 Å². The van der Waals surface area contributed by atoms with Gasteiger partial charge in [-0.1, -0.05) is 12.1 Å². The standard InChI is InChI=1S/C26H30FN5/c27-22-5-1-3-20(15-22)16-23(31-12-9-28-10-13-31)6-2-4-21-18-30-26-8-7-24(17-25(21)26)32-14-11-29-19-32/h1,3,5,7-8,11,14-15,17-19,23,28,30H,2,4,6,9-10,12-13,16H2. The molecule has 166 valence electrons. The molecule has 32 heavy (non-hydrogen) atoms. The average Bonchev–Trinajstić information content (AvgIpc) is 3.49. The summed E-state index contributed by atoms with van der Waals surface area (Å²) in [7, 11) is 0. The summed E-state index contributed by atoms with van der Waals surface area (Å²) in [5.41, 5.74) is 4.74. The molecule has 4 aromatic rings. The van der Waals surface area contributed by atoms with E-state index in [1.54, 1.807) is 12.3 Å². The van der Waals surface area contributed by atoms with Gasteiger partial charge in [0.2, 0.25) is 0 Å². The molecule has 1 unspecified atom stereocenters. The lowest BCUT2D eigenvalue weighted by atomic mass is 9.97. The fourth-order valence-corrected chi connectivity index (χ4v) is 4.87. The van der Waals surface area contributed by atoms with Crippen molar-refractivity contribution in [2.24, 2.45) is 0 Å². The molecule has 0 aliphatic carbocycles. The van der Waals surface area contributed by atoms with E-state index in [4.69, 9.17) is 0 Å². The van der Waals surface area contributed by atoms with Crippen LogP contribution in [0.2, 0.25) is 0 Å². The van der Waals surface area contributed by atoms with Crippen molar-refractivity contribution in [1.82, 2.24) is 24.8 Å². The summed E-state index contributed by atoms with van der Waals surface area (Å²) in [5, 5.41) is 4.72. The molecule has 0 radical (unpaired) electrons. The quantitative estimate of drug-likeness (QED) is 0.437. The lowest BCUT2D eigenvalue weighted by molar-refractivity contribution is 0.161. The number of piperazine rings is 1. The molecule has 6 heteroatoms. The van der Waals surface area contributed by atoms with E-state index in [0.29, 0.717) is 6.04 Å². The Hall–Kier alpha value is -2.96. The largest absolute Gasteiger partial charge is 0.361 e. The van der Waals surface area contributed by atoms with Crippen LogP contribution in [0.5, 0.6) is 0 Å². The summed E-state index contributed by atoms with van der Waals surface area (Å²) in [6.07, 6.45) is 11.9. The average molecular weight is 432 g/mol. The van der Waals surface area contributed by atoms with Gasteiger partial charge in [-0.15, -0.1) is 0 Å².